The fraction of sp³-hybridized carbons (Fsp3) is 0.0870. The van der Waals surface area contributed by atoms with Crippen molar-refractivity contribution in [1.82, 2.24) is 14.8 Å². The van der Waals surface area contributed by atoms with Crippen LogP contribution in [0.1, 0.15) is 10.8 Å². The Morgan fingerprint density at radius 2 is 2.03 bits per heavy atom. The van der Waals surface area contributed by atoms with E-state index in [0.717, 1.165) is 5.56 Å². The van der Waals surface area contributed by atoms with Crippen LogP contribution >= 0.6 is 23.4 Å². The zero-order chi connectivity index (χ0) is 24.1. The molecule has 1 unspecified atom stereocenters. The highest BCUT2D eigenvalue weighted by molar-refractivity contribution is 8.00. The molecule has 2 heterocycles. The molecule has 0 aliphatic carbocycles. The Morgan fingerprint density at radius 1 is 1.24 bits per heavy atom. The Morgan fingerprint density at radius 3 is 2.71 bits per heavy atom. The van der Waals surface area contributed by atoms with Crippen molar-refractivity contribution in [2.45, 2.75) is 17.0 Å². The van der Waals surface area contributed by atoms with Gasteiger partial charge >= 0.3 is 0 Å². The van der Waals surface area contributed by atoms with Gasteiger partial charge in [0.1, 0.15) is 10.3 Å². The molecule has 0 spiro atoms. The molecular weight excluding hydrogens is 478 g/mol. The zero-order valence-corrected chi connectivity index (χ0v) is 19.2. The fourth-order valence-electron chi connectivity index (χ4n) is 3.20. The summed E-state index contributed by atoms with van der Waals surface area (Å²) in [5, 5.41) is 22.2. The molecule has 9 nitrogen and oxygen atoms in total. The number of aromatic nitrogens is 3. The summed E-state index contributed by atoms with van der Waals surface area (Å²) in [6.07, 6.45) is 3.24. The third kappa shape index (κ3) is 5.03. The molecule has 0 aliphatic rings. The number of amides is 1. The molecule has 0 radical (unpaired) electrons. The zero-order valence-electron chi connectivity index (χ0n) is 17.6. The van der Waals surface area contributed by atoms with Gasteiger partial charge in [0.15, 0.2) is 10.9 Å². The molecular formula is C23H18ClN5O4S. The molecule has 1 amide bonds. The van der Waals surface area contributed by atoms with Crippen molar-refractivity contribution in [2.75, 3.05) is 5.32 Å². The molecule has 34 heavy (non-hydrogen) atoms. The van der Waals surface area contributed by atoms with Gasteiger partial charge in [-0.3, -0.25) is 19.5 Å². The number of hydrogen-bond donors (Lipinski definition) is 1. The number of carbonyl (C=O) groups excluding carboxylic acids is 1. The number of hydrogen-bond acceptors (Lipinski definition) is 7. The van der Waals surface area contributed by atoms with Gasteiger partial charge in [-0.15, -0.1) is 16.8 Å². The minimum absolute atomic E-state index is 0.0139. The van der Waals surface area contributed by atoms with Gasteiger partial charge in [0.25, 0.3) is 5.69 Å². The van der Waals surface area contributed by atoms with E-state index in [0.29, 0.717) is 23.3 Å². The summed E-state index contributed by atoms with van der Waals surface area (Å²) in [4.78, 5) is 24.0. The second-order valence-corrected chi connectivity index (χ2v) is 8.48. The van der Waals surface area contributed by atoms with E-state index in [9.17, 15) is 14.9 Å². The maximum Gasteiger partial charge on any atom is 0.289 e. The van der Waals surface area contributed by atoms with Gasteiger partial charge in [-0.25, -0.2) is 0 Å². The van der Waals surface area contributed by atoms with Crippen LogP contribution in [0.2, 0.25) is 5.02 Å². The second-order valence-electron chi connectivity index (χ2n) is 7.00. The van der Waals surface area contributed by atoms with Crippen molar-refractivity contribution >= 4 is 40.6 Å². The number of nitrogens with zero attached hydrogens (tertiary/aromatic N) is 4. The first-order valence-electron chi connectivity index (χ1n) is 10.0. The topological polar surface area (TPSA) is 116 Å². The monoisotopic (exact) mass is 495 g/mol. The normalized spacial score (nSPS) is 11.7. The van der Waals surface area contributed by atoms with E-state index < -0.39 is 10.2 Å². The molecule has 0 bridgehead atoms. The summed E-state index contributed by atoms with van der Waals surface area (Å²) in [6.45, 7) is 4.20. The minimum atomic E-state index is -0.729. The predicted molar refractivity (Wildman–Crippen MR) is 130 cm³/mol. The van der Waals surface area contributed by atoms with E-state index in [1.54, 1.807) is 29.0 Å². The molecule has 0 saturated heterocycles. The molecule has 4 aromatic rings. The Hall–Kier alpha value is -3.89. The quantitative estimate of drug-likeness (QED) is 0.136. The van der Waals surface area contributed by atoms with Crippen LogP contribution in [-0.2, 0) is 11.3 Å². The first-order valence-corrected chi connectivity index (χ1v) is 11.3. The van der Waals surface area contributed by atoms with Crippen LogP contribution in [0.25, 0.3) is 11.6 Å². The summed E-state index contributed by atoms with van der Waals surface area (Å²) in [5.74, 6) is 0.656. The summed E-state index contributed by atoms with van der Waals surface area (Å²) < 4.78 is 7.26. The lowest BCUT2D eigenvalue weighted by Crippen LogP contribution is -2.19. The molecule has 0 fully saturated rings. The lowest BCUT2D eigenvalue weighted by atomic mass is 10.1. The molecule has 0 saturated carbocycles. The van der Waals surface area contributed by atoms with Gasteiger partial charge in [-0.1, -0.05) is 59.8 Å². The minimum Gasteiger partial charge on any atom is -0.461 e. The van der Waals surface area contributed by atoms with Crippen LogP contribution in [-0.4, -0.2) is 25.6 Å². The number of rotatable bonds is 9. The van der Waals surface area contributed by atoms with Crippen molar-refractivity contribution < 1.29 is 14.1 Å². The molecule has 11 heteroatoms. The van der Waals surface area contributed by atoms with Crippen LogP contribution in [0.5, 0.6) is 0 Å². The third-order valence-corrected chi connectivity index (χ3v) is 6.30. The standard InChI is InChI=1S/C23H18ClN5O4S/c1-2-12-28-21(19-9-6-13-33-19)26-27-23(28)34-20(15-7-4-3-5-8-15)22(30)25-16-10-11-17(24)18(14-16)29(31)32/h2-11,13-14,20H,1,12H2,(H,25,30). The number of anilines is 1. The van der Waals surface area contributed by atoms with Crippen molar-refractivity contribution in [1.29, 1.82) is 0 Å². The van der Waals surface area contributed by atoms with E-state index in [2.05, 4.69) is 22.1 Å². The summed E-state index contributed by atoms with van der Waals surface area (Å²) in [6, 6.07) is 16.8. The van der Waals surface area contributed by atoms with Crippen molar-refractivity contribution in [3.63, 3.8) is 0 Å². The van der Waals surface area contributed by atoms with Crippen molar-refractivity contribution in [2.24, 2.45) is 0 Å². The highest BCUT2D eigenvalue weighted by Crippen LogP contribution is 2.37. The Balaban J connectivity index is 1.67. The summed E-state index contributed by atoms with van der Waals surface area (Å²) in [5.41, 5.74) is 0.685. The lowest BCUT2D eigenvalue weighted by Gasteiger charge is -2.17. The van der Waals surface area contributed by atoms with Crippen LogP contribution in [0, 0.1) is 10.1 Å². The van der Waals surface area contributed by atoms with E-state index in [-0.39, 0.29) is 22.3 Å². The Labute approximate surface area is 203 Å². The van der Waals surface area contributed by atoms with Crippen LogP contribution in [0.15, 0.2) is 89.2 Å². The molecule has 1 N–H and O–H groups in total. The van der Waals surface area contributed by atoms with Crippen LogP contribution in [0.4, 0.5) is 11.4 Å². The van der Waals surface area contributed by atoms with Crippen LogP contribution in [0.3, 0.4) is 0 Å². The molecule has 2 aromatic heterocycles. The number of carbonyl (C=O) groups is 1. The second kappa shape index (κ2) is 10.4. The van der Waals surface area contributed by atoms with Gasteiger partial charge in [0.05, 0.1) is 11.2 Å². The molecule has 172 valence electrons. The first-order chi connectivity index (χ1) is 16.5. The van der Waals surface area contributed by atoms with E-state index in [4.69, 9.17) is 16.0 Å². The average Bonchev–Trinajstić information content (AvgIpc) is 3.49. The number of nitro groups is 1. The largest absolute Gasteiger partial charge is 0.461 e. The van der Waals surface area contributed by atoms with Gasteiger partial charge in [0.2, 0.25) is 11.7 Å². The molecule has 0 aliphatic heterocycles. The fourth-order valence-corrected chi connectivity index (χ4v) is 4.43. The Kier molecular flexibility index (Phi) is 7.09. The van der Waals surface area contributed by atoms with Gasteiger partial charge in [-0.05, 0) is 29.8 Å². The predicted octanol–water partition coefficient (Wildman–Crippen LogP) is 5.76. The van der Waals surface area contributed by atoms with Gasteiger partial charge in [0, 0.05) is 18.3 Å². The van der Waals surface area contributed by atoms with Crippen molar-refractivity contribution in [3.05, 3.63) is 100 Å². The maximum absolute atomic E-state index is 13.4. The molecule has 4 rings (SSSR count). The Bertz CT molecular complexity index is 1320. The number of nitro benzene ring substituents is 1. The average molecular weight is 496 g/mol. The lowest BCUT2D eigenvalue weighted by molar-refractivity contribution is -0.384. The number of benzene rings is 2. The number of allylic oxidation sites excluding steroid dienone is 1. The summed E-state index contributed by atoms with van der Waals surface area (Å²) >= 11 is 7.09. The highest BCUT2D eigenvalue weighted by atomic mass is 35.5. The van der Waals surface area contributed by atoms with Crippen LogP contribution < -0.4 is 5.32 Å². The van der Waals surface area contributed by atoms with E-state index >= 15 is 0 Å². The number of nitrogens with one attached hydrogen (secondary N) is 1. The SMILES string of the molecule is C=CCn1c(SC(C(=O)Nc2ccc(Cl)c([N+](=O)[O-])c2)c2ccccc2)nnc1-c1ccco1. The maximum atomic E-state index is 13.4. The van der Waals surface area contributed by atoms with Crippen molar-refractivity contribution in [3.8, 4) is 11.6 Å². The van der Waals surface area contributed by atoms with Gasteiger partial charge < -0.3 is 9.73 Å². The number of furan rings is 1. The third-order valence-electron chi connectivity index (χ3n) is 4.74. The van der Waals surface area contributed by atoms with E-state index in [1.807, 2.05) is 30.3 Å². The van der Waals surface area contributed by atoms with Gasteiger partial charge in [-0.2, -0.15) is 0 Å². The van der Waals surface area contributed by atoms with E-state index in [1.165, 1.54) is 30.0 Å². The number of thioether (sulfide) groups is 1. The first kappa shape index (κ1) is 23.3. The summed E-state index contributed by atoms with van der Waals surface area (Å²) in [7, 11) is 0. The number of halogens is 1. The molecule has 2 aromatic carbocycles. The molecule has 1 atom stereocenters. The smallest absolute Gasteiger partial charge is 0.289 e. The highest BCUT2D eigenvalue weighted by Gasteiger charge is 2.27.